The molecule has 4 nitrogen and oxygen atoms in total. The molecule has 1 aliphatic heterocycles. The molecule has 4 rings (SSSR count). The van der Waals surface area contributed by atoms with Gasteiger partial charge in [-0.3, -0.25) is 4.90 Å². The topological polar surface area (TPSA) is 24.3 Å². The number of para-hydroxylation sites is 3. The van der Waals surface area contributed by atoms with Gasteiger partial charge in [0.15, 0.2) is 5.16 Å². The zero-order valence-corrected chi connectivity index (χ0v) is 15.1. The molecule has 0 radical (unpaired) electrons. The first-order valence-corrected chi connectivity index (χ1v) is 9.51. The van der Waals surface area contributed by atoms with Crippen molar-refractivity contribution in [3.8, 4) is 0 Å². The lowest BCUT2D eigenvalue weighted by Crippen LogP contribution is -2.46. The van der Waals surface area contributed by atoms with E-state index in [0.717, 1.165) is 37.2 Å². The Kier molecular flexibility index (Phi) is 5.08. The zero-order valence-electron chi connectivity index (χ0n) is 14.3. The molecule has 0 atom stereocenters. The van der Waals surface area contributed by atoms with Crippen molar-refractivity contribution in [1.82, 2.24) is 14.5 Å². The molecular weight excluding hydrogens is 354 g/mol. The predicted octanol–water partition coefficient (Wildman–Crippen LogP) is 4.13. The number of hydrogen-bond acceptors (Lipinski definition) is 4. The van der Waals surface area contributed by atoms with Crippen molar-refractivity contribution in [3.63, 3.8) is 0 Å². The minimum atomic E-state index is -2.47. The molecular formula is C19H20F2N4S. The van der Waals surface area contributed by atoms with Gasteiger partial charge in [-0.1, -0.05) is 30.3 Å². The standard InChI is InChI=1S/C19H20F2N4S/c20-18(21)26-19-22-16-8-4-5-9-17(16)25(19)14-23-10-12-24(13-11-23)15-6-2-1-3-7-15/h1-9,18H,10-14H2. The number of aromatic nitrogens is 2. The smallest absolute Gasteiger partial charge is 0.291 e. The van der Waals surface area contributed by atoms with Gasteiger partial charge in [0.1, 0.15) is 0 Å². The predicted molar refractivity (Wildman–Crippen MR) is 102 cm³/mol. The second kappa shape index (κ2) is 7.63. The van der Waals surface area contributed by atoms with Crippen LogP contribution in [0, 0.1) is 0 Å². The van der Waals surface area contributed by atoms with E-state index in [2.05, 4.69) is 26.9 Å². The Balaban J connectivity index is 1.49. The fraction of sp³-hybridized carbons (Fsp3) is 0.316. The summed E-state index contributed by atoms with van der Waals surface area (Å²) in [6.07, 6.45) is 0. The highest BCUT2D eigenvalue weighted by atomic mass is 32.2. The molecule has 7 heteroatoms. The molecule has 2 aromatic carbocycles. The number of benzene rings is 2. The molecule has 1 aromatic heterocycles. The normalized spacial score (nSPS) is 15.9. The van der Waals surface area contributed by atoms with Crippen LogP contribution < -0.4 is 4.90 Å². The van der Waals surface area contributed by atoms with E-state index in [9.17, 15) is 8.78 Å². The van der Waals surface area contributed by atoms with Gasteiger partial charge in [0.05, 0.1) is 17.7 Å². The van der Waals surface area contributed by atoms with Crippen LogP contribution in [0.4, 0.5) is 14.5 Å². The average molecular weight is 374 g/mol. The molecule has 0 spiro atoms. The minimum Gasteiger partial charge on any atom is -0.369 e. The third kappa shape index (κ3) is 3.68. The minimum absolute atomic E-state index is 0.381. The molecule has 0 N–H and O–H groups in total. The maximum atomic E-state index is 12.9. The number of thioether (sulfide) groups is 1. The van der Waals surface area contributed by atoms with Crippen molar-refractivity contribution in [1.29, 1.82) is 0 Å². The lowest BCUT2D eigenvalue weighted by Gasteiger charge is -2.36. The number of imidazole rings is 1. The number of piperazine rings is 1. The summed E-state index contributed by atoms with van der Waals surface area (Å²) < 4.78 is 27.8. The Bertz CT molecular complexity index is 860. The summed E-state index contributed by atoms with van der Waals surface area (Å²) in [6.45, 7) is 4.21. The van der Waals surface area contributed by atoms with Gasteiger partial charge in [0.25, 0.3) is 5.76 Å². The SMILES string of the molecule is FC(F)Sc1nc2ccccc2n1CN1CCN(c2ccccc2)CC1. The maximum absolute atomic E-state index is 12.9. The Morgan fingerprint density at radius 2 is 1.62 bits per heavy atom. The van der Waals surface area contributed by atoms with E-state index in [1.54, 1.807) is 0 Å². The summed E-state index contributed by atoms with van der Waals surface area (Å²) >= 11 is 0.518. The maximum Gasteiger partial charge on any atom is 0.291 e. The highest BCUT2D eigenvalue weighted by molar-refractivity contribution is 7.99. The fourth-order valence-corrected chi connectivity index (χ4v) is 3.94. The monoisotopic (exact) mass is 374 g/mol. The molecule has 0 saturated carbocycles. The van der Waals surface area contributed by atoms with Gasteiger partial charge < -0.3 is 9.47 Å². The highest BCUT2D eigenvalue weighted by Crippen LogP contribution is 2.29. The number of hydrogen-bond donors (Lipinski definition) is 0. The van der Waals surface area contributed by atoms with Gasteiger partial charge >= 0.3 is 0 Å². The van der Waals surface area contributed by atoms with E-state index < -0.39 is 5.76 Å². The van der Waals surface area contributed by atoms with E-state index in [1.807, 2.05) is 47.0 Å². The number of rotatable bonds is 5. The third-order valence-electron chi connectivity index (χ3n) is 4.65. The van der Waals surface area contributed by atoms with Crippen molar-refractivity contribution in [2.75, 3.05) is 31.1 Å². The number of halogens is 2. The molecule has 2 heterocycles. The lowest BCUT2D eigenvalue weighted by molar-refractivity contribution is 0.201. The molecule has 0 unspecified atom stereocenters. The van der Waals surface area contributed by atoms with Crippen molar-refractivity contribution in [3.05, 3.63) is 54.6 Å². The Morgan fingerprint density at radius 3 is 2.35 bits per heavy atom. The molecule has 136 valence electrons. The molecule has 1 fully saturated rings. The van der Waals surface area contributed by atoms with E-state index in [4.69, 9.17) is 0 Å². The van der Waals surface area contributed by atoms with Crippen molar-refractivity contribution in [2.45, 2.75) is 17.6 Å². The van der Waals surface area contributed by atoms with Crippen LogP contribution in [-0.2, 0) is 6.67 Å². The van der Waals surface area contributed by atoms with E-state index in [-0.39, 0.29) is 0 Å². The van der Waals surface area contributed by atoms with Crippen molar-refractivity contribution >= 4 is 28.5 Å². The Morgan fingerprint density at radius 1 is 0.923 bits per heavy atom. The van der Waals surface area contributed by atoms with Gasteiger partial charge in [-0.15, -0.1) is 0 Å². The summed E-state index contributed by atoms with van der Waals surface area (Å²) in [5.74, 6) is -2.47. The summed E-state index contributed by atoms with van der Waals surface area (Å²) in [4.78, 5) is 9.04. The second-order valence-corrected chi connectivity index (χ2v) is 7.23. The van der Waals surface area contributed by atoms with E-state index in [1.165, 1.54) is 5.69 Å². The van der Waals surface area contributed by atoms with Crippen molar-refractivity contribution < 1.29 is 8.78 Å². The molecule has 0 bridgehead atoms. The quantitative estimate of drug-likeness (QED) is 0.627. The first-order chi connectivity index (χ1) is 12.7. The molecule has 26 heavy (non-hydrogen) atoms. The van der Waals surface area contributed by atoms with Crippen LogP contribution in [0.25, 0.3) is 11.0 Å². The summed E-state index contributed by atoms with van der Waals surface area (Å²) in [7, 11) is 0. The molecule has 0 amide bonds. The van der Waals surface area contributed by atoms with Crippen LogP contribution in [0.1, 0.15) is 0 Å². The number of fused-ring (bicyclic) bond motifs is 1. The molecule has 1 saturated heterocycles. The average Bonchev–Trinajstić information content (AvgIpc) is 3.00. The van der Waals surface area contributed by atoms with Crippen LogP contribution in [0.15, 0.2) is 59.8 Å². The Labute approximate surface area is 155 Å². The van der Waals surface area contributed by atoms with Crippen LogP contribution >= 0.6 is 11.8 Å². The van der Waals surface area contributed by atoms with E-state index in [0.29, 0.717) is 23.6 Å². The van der Waals surface area contributed by atoms with Gasteiger partial charge in [0, 0.05) is 31.9 Å². The first-order valence-electron chi connectivity index (χ1n) is 8.63. The molecule has 0 aliphatic carbocycles. The van der Waals surface area contributed by atoms with Crippen LogP contribution in [-0.4, -0.2) is 46.4 Å². The molecule has 1 aliphatic rings. The van der Waals surface area contributed by atoms with Gasteiger partial charge in [-0.2, -0.15) is 8.78 Å². The fourth-order valence-electron chi connectivity index (χ4n) is 3.35. The van der Waals surface area contributed by atoms with Crippen LogP contribution in [0.2, 0.25) is 0 Å². The van der Waals surface area contributed by atoms with Gasteiger partial charge in [-0.05, 0) is 36.0 Å². The first kappa shape index (κ1) is 17.3. The van der Waals surface area contributed by atoms with Crippen molar-refractivity contribution in [2.24, 2.45) is 0 Å². The summed E-state index contributed by atoms with van der Waals surface area (Å²) in [6, 6.07) is 18.0. The number of nitrogens with zero attached hydrogens (tertiary/aromatic N) is 4. The zero-order chi connectivity index (χ0) is 17.9. The van der Waals surface area contributed by atoms with Crippen LogP contribution in [0.3, 0.4) is 0 Å². The van der Waals surface area contributed by atoms with Crippen LogP contribution in [0.5, 0.6) is 0 Å². The molecule has 3 aromatic rings. The summed E-state index contributed by atoms with van der Waals surface area (Å²) in [5, 5.41) is 0.381. The number of alkyl halides is 2. The number of anilines is 1. The Hall–Kier alpha value is -2.12. The third-order valence-corrected chi connectivity index (χ3v) is 5.35. The largest absolute Gasteiger partial charge is 0.369 e. The lowest BCUT2D eigenvalue weighted by atomic mass is 10.2. The van der Waals surface area contributed by atoms with E-state index >= 15 is 0 Å². The van der Waals surface area contributed by atoms with Gasteiger partial charge in [-0.25, -0.2) is 4.98 Å². The van der Waals surface area contributed by atoms with Gasteiger partial charge in [0.2, 0.25) is 0 Å². The second-order valence-electron chi connectivity index (χ2n) is 6.27. The highest BCUT2D eigenvalue weighted by Gasteiger charge is 2.21. The summed E-state index contributed by atoms with van der Waals surface area (Å²) in [5.41, 5.74) is 2.90.